The first kappa shape index (κ1) is 12.9. The lowest BCUT2D eigenvalue weighted by Crippen LogP contribution is -2.30. The fourth-order valence-electron chi connectivity index (χ4n) is 2.27. The van der Waals surface area contributed by atoms with Gasteiger partial charge in [-0.05, 0) is 20.0 Å². The summed E-state index contributed by atoms with van der Waals surface area (Å²) < 4.78 is 6.92. The Labute approximate surface area is 107 Å². The van der Waals surface area contributed by atoms with Gasteiger partial charge in [0.1, 0.15) is 0 Å². The Balaban J connectivity index is 2.15. The summed E-state index contributed by atoms with van der Waals surface area (Å²) in [6.07, 6.45) is 5.49. The summed E-state index contributed by atoms with van der Waals surface area (Å²) in [5.41, 5.74) is 9.28. The molecule has 2 rings (SSSR count). The number of rotatable bonds is 5. The van der Waals surface area contributed by atoms with E-state index in [0.717, 1.165) is 17.8 Å². The summed E-state index contributed by atoms with van der Waals surface area (Å²) in [5, 5.41) is 4.38. The van der Waals surface area contributed by atoms with Gasteiger partial charge in [-0.3, -0.25) is 9.58 Å². The van der Waals surface area contributed by atoms with Gasteiger partial charge in [0.05, 0.1) is 24.3 Å². The first-order valence-corrected chi connectivity index (χ1v) is 6.03. The highest BCUT2D eigenvalue weighted by molar-refractivity contribution is 5.21. The molecule has 0 aliphatic rings. The predicted octanol–water partition coefficient (Wildman–Crippen LogP) is 1.45. The minimum atomic E-state index is 0.175. The van der Waals surface area contributed by atoms with E-state index in [1.54, 1.807) is 12.5 Å². The quantitative estimate of drug-likeness (QED) is 0.870. The zero-order valence-electron chi connectivity index (χ0n) is 11.1. The van der Waals surface area contributed by atoms with Gasteiger partial charge in [0, 0.05) is 37.5 Å². The van der Waals surface area contributed by atoms with Crippen LogP contribution in [0.2, 0.25) is 0 Å². The van der Waals surface area contributed by atoms with E-state index < -0.39 is 0 Å². The number of hydrogen-bond acceptors (Lipinski definition) is 4. The highest BCUT2D eigenvalue weighted by Crippen LogP contribution is 2.22. The van der Waals surface area contributed by atoms with Crippen LogP contribution in [0.15, 0.2) is 29.2 Å². The fourth-order valence-corrected chi connectivity index (χ4v) is 2.27. The molecule has 0 aliphatic carbocycles. The maximum atomic E-state index is 5.91. The molecule has 0 amide bonds. The smallest absolute Gasteiger partial charge is 0.0947 e. The molecule has 5 heteroatoms. The van der Waals surface area contributed by atoms with E-state index in [1.165, 1.54) is 5.56 Å². The zero-order valence-corrected chi connectivity index (χ0v) is 11.1. The summed E-state index contributed by atoms with van der Waals surface area (Å²) in [6.45, 7) is 3.40. The van der Waals surface area contributed by atoms with Crippen molar-refractivity contribution in [2.24, 2.45) is 12.8 Å². The second-order valence-electron chi connectivity index (χ2n) is 4.64. The molecule has 0 saturated carbocycles. The van der Waals surface area contributed by atoms with Crippen LogP contribution in [-0.4, -0.2) is 28.3 Å². The molecule has 0 radical (unpaired) electrons. The monoisotopic (exact) mass is 248 g/mol. The largest absolute Gasteiger partial charge is 0.472 e. The zero-order chi connectivity index (χ0) is 13.1. The van der Waals surface area contributed by atoms with Crippen molar-refractivity contribution in [2.75, 3.05) is 13.6 Å². The highest BCUT2D eigenvalue weighted by Gasteiger charge is 2.20. The molecule has 2 aromatic heterocycles. The minimum absolute atomic E-state index is 0.175. The van der Waals surface area contributed by atoms with E-state index in [0.29, 0.717) is 6.54 Å². The van der Waals surface area contributed by atoms with Crippen LogP contribution < -0.4 is 5.73 Å². The minimum Gasteiger partial charge on any atom is -0.472 e. The van der Waals surface area contributed by atoms with Gasteiger partial charge < -0.3 is 10.2 Å². The second kappa shape index (κ2) is 5.37. The number of furan rings is 1. The fraction of sp³-hybridized carbons (Fsp3) is 0.462. The Kier molecular flexibility index (Phi) is 3.84. The summed E-state index contributed by atoms with van der Waals surface area (Å²) in [6, 6.07) is 2.15. The van der Waals surface area contributed by atoms with Gasteiger partial charge in [0.25, 0.3) is 0 Å². The average Bonchev–Trinajstić information content (AvgIpc) is 2.91. The third-order valence-corrected chi connectivity index (χ3v) is 3.18. The van der Waals surface area contributed by atoms with Gasteiger partial charge in [-0.15, -0.1) is 0 Å². The Morgan fingerprint density at radius 3 is 2.83 bits per heavy atom. The maximum Gasteiger partial charge on any atom is 0.0947 e. The van der Waals surface area contributed by atoms with E-state index in [9.17, 15) is 0 Å². The molecule has 0 aromatic carbocycles. The molecule has 2 aromatic rings. The van der Waals surface area contributed by atoms with Crippen LogP contribution >= 0.6 is 0 Å². The number of likely N-dealkylation sites (N-methyl/N-ethyl adjacent to an activating group) is 1. The Hall–Kier alpha value is -1.59. The molecule has 0 aliphatic heterocycles. The predicted molar refractivity (Wildman–Crippen MR) is 69.9 cm³/mol. The van der Waals surface area contributed by atoms with Crippen LogP contribution in [0, 0.1) is 6.92 Å². The molecule has 0 fully saturated rings. The van der Waals surface area contributed by atoms with Crippen LogP contribution in [0.3, 0.4) is 0 Å². The van der Waals surface area contributed by atoms with E-state index in [2.05, 4.69) is 17.0 Å². The van der Waals surface area contributed by atoms with Gasteiger partial charge in [-0.2, -0.15) is 5.10 Å². The standard InChI is InChI=1S/C13H20N4O/c1-10-12(8-17(3)15-10)13(6-14)16(2)7-11-4-5-18-9-11/h4-5,8-9,13H,6-7,14H2,1-3H3. The molecule has 1 atom stereocenters. The molecule has 5 nitrogen and oxygen atoms in total. The molecular formula is C13H20N4O. The summed E-state index contributed by atoms with van der Waals surface area (Å²) in [7, 11) is 4.00. The molecule has 1 unspecified atom stereocenters. The first-order chi connectivity index (χ1) is 8.61. The normalized spacial score (nSPS) is 13.2. The van der Waals surface area contributed by atoms with Crippen molar-refractivity contribution in [3.63, 3.8) is 0 Å². The van der Waals surface area contributed by atoms with Gasteiger partial charge >= 0.3 is 0 Å². The molecule has 2 heterocycles. The lowest BCUT2D eigenvalue weighted by molar-refractivity contribution is 0.240. The van der Waals surface area contributed by atoms with E-state index in [-0.39, 0.29) is 6.04 Å². The molecule has 18 heavy (non-hydrogen) atoms. The lowest BCUT2D eigenvalue weighted by atomic mass is 10.1. The SMILES string of the molecule is Cc1nn(C)cc1C(CN)N(C)Cc1ccoc1. The molecule has 0 bridgehead atoms. The number of nitrogens with two attached hydrogens (primary N) is 1. The Bertz CT molecular complexity index is 489. The number of aromatic nitrogens is 2. The van der Waals surface area contributed by atoms with Gasteiger partial charge in [0.15, 0.2) is 0 Å². The summed E-state index contributed by atoms with van der Waals surface area (Å²) in [5.74, 6) is 0. The van der Waals surface area contributed by atoms with E-state index in [1.807, 2.05) is 30.9 Å². The molecule has 2 N–H and O–H groups in total. The third kappa shape index (κ3) is 2.63. The van der Waals surface area contributed by atoms with Crippen LogP contribution in [0.4, 0.5) is 0 Å². The summed E-state index contributed by atoms with van der Waals surface area (Å²) in [4.78, 5) is 2.22. The van der Waals surface area contributed by atoms with Crippen molar-refractivity contribution >= 4 is 0 Å². The Morgan fingerprint density at radius 2 is 2.33 bits per heavy atom. The van der Waals surface area contributed by atoms with Gasteiger partial charge in [-0.1, -0.05) is 0 Å². The first-order valence-electron chi connectivity index (χ1n) is 6.03. The van der Waals surface area contributed by atoms with Crippen molar-refractivity contribution < 1.29 is 4.42 Å². The Morgan fingerprint density at radius 1 is 1.56 bits per heavy atom. The van der Waals surface area contributed by atoms with E-state index >= 15 is 0 Å². The molecule has 0 spiro atoms. The van der Waals surface area contributed by atoms with Crippen molar-refractivity contribution in [2.45, 2.75) is 19.5 Å². The molecular weight excluding hydrogens is 228 g/mol. The van der Waals surface area contributed by atoms with Crippen molar-refractivity contribution in [1.82, 2.24) is 14.7 Å². The number of aryl methyl sites for hydroxylation is 2. The topological polar surface area (TPSA) is 60.2 Å². The van der Waals surface area contributed by atoms with Crippen LogP contribution in [0.25, 0.3) is 0 Å². The van der Waals surface area contributed by atoms with Gasteiger partial charge in [-0.25, -0.2) is 0 Å². The molecule has 98 valence electrons. The van der Waals surface area contributed by atoms with E-state index in [4.69, 9.17) is 10.2 Å². The maximum absolute atomic E-state index is 5.91. The lowest BCUT2D eigenvalue weighted by Gasteiger charge is -2.26. The number of nitrogens with zero attached hydrogens (tertiary/aromatic N) is 3. The van der Waals surface area contributed by atoms with Gasteiger partial charge in [0.2, 0.25) is 0 Å². The molecule has 0 saturated heterocycles. The van der Waals surface area contributed by atoms with Crippen molar-refractivity contribution in [3.05, 3.63) is 41.6 Å². The third-order valence-electron chi connectivity index (χ3n) is 3.18. The highest BCUT2D eigenvalue weighted by atomic mass is 16.3. The van der Waals surface area contributed by atoms with Crippen molar-refractivity contribution in [1.29, 1.82) is 0 Å². The van der Waals surface area contributed by atoms with Crippen molar-refractivity contribution in [3.8, 4) is 0 Å². The van der Waals surface area contributed by atoms with Crippen LogP contribution in [-0.2, 0) is 13.6 Å². The summed E-state index contributed by atoms with van der Waals surface area (Å²) >= 11 is 0. The van der Waals surface area contributed by atoms with Crippen LogP contribution in [0.5, 0.6) is 0 Å². The van der Waals surface area contributed by atoms with Crippen LogP contribution in [0.1, 0.15) is 22.9 Å². The average molecular weight is 248 g/mol. The second-order valence-corrected chi connectivity index (χ2v) is 4.64. The number of hydrogen-bond donors (Lipinski definition) is 1.